The van der Waals surface area contributed by atoms with Gasteiger partial charge in [0.15, 0.2) is 0 Å². The molecule has 0 radical (unpaired) electrons. The third-order valence-electron chi connectivity index (χ3n) is 2.71. The highest BCUT2D eigenvalue weighted by Gasteiger charge is 2.30. The lowest BCUT2D eigenvalue weighted by molar-refractivity contribution is -0.137. The molecule has 0 saturated heterocycles. The Kier molecular flexibility index (Phi) is 4.69. The number of thioether (sulfide) groups is 1. The van der Waals surface area contributed by atoms with Gasteiger partial charge in [0, 0.05) is 12.7 Å². The molecule has 0 aliphatic carbocycles. The smallest absolute Gasteiger partial charge is 0.325 e. The molecule has 1 aromatic heterocycles. The van der Waals surface area contributed by atoms with Crippen LogP contribution in [0.4, 0.5) is 18.9 Å². The van der Waals surface area contributed by atoms with Gasteiger partial charge in [-0.15, -0.1) is 5.10 Å². The minimum atomic E-state index is -4.40. The highest BCUT2D eigenvalue weighted by molar-refractivity contribution is 8.00. The molecule has 0 saturated carbocycles. The first-order chi connectivity index (χ1) is 10.3. The first-order valence-corrected chi connectivity index (χ1v) is 7.02. The summed E-state index contributed by atoms with van der Waals surface area (Å²) in [6.45, 7) is 1.65. The Balaban J connectivity index is 1.98. The number of anilines is 1. The lowest BCUT2D eigenvalue weighted by atomic mass is 10.2. The summed E-state index contributed by atoms with van der Waals surface area (Å²) in [6, 6.07) is 4.25. The van der Waals surface area contributed by atoms with Crippen molar-refractivity contribution in [2.75, 3.05) is 5.32 Å². The van der Waals surface area contributed by atoms with Crippen LogP contribution >= 0.6 is 11.8 Å². The van der Waals surface area contributed by atoms with E-state index in [1.807, 2.05) is 0 Å². The van der Waals surface area contributed by atoms with Crippen molar-refractivity contribution < 1.29 is 18.0 Å². The predicted octanol–water partition coefficient (Wildman–Crippen LogP) is 2.35. The normalized spacial score (nSPS) is 13.0. The van der Waals surface area contributed by atoms with Crippen LogP contribution in [0.25, 0.3) is 0 Å². The zero-order valence-electron chi connectivity index (χ0n) is 11.6. The van der Waals surface area contributed by atoms with Gasteiger partial charge in [-0.3, -0.25) is 4.79 Å². The van der Waals surface area contributed by atoms with E-state index in [2.05, 4.69) is 20.8 Å². The van der Waals surface area contributed by atoms with E-state index in [0.717, 1.165) is 23.9 Å². The van der Waals surface area contributed by atoms with E-state index in [1.54, 1.807) is 14.0 Å². The van der Waals surface area contributed by atoms with Crippen LogP contribution < -0.4 is 5.32 Å². The number of carbonyl (C=O) groups is 1. The molecule has 1 aromatic carbocycles. The second-order valence-corrected chi connectivity index (χ2v) is 5.72. The van der Waals surface area contributed by atoms with Gasteiger partial charge < -0.3 is 5.32 Å². The van der Waals surface area contributed by atoms with E-state index in [-0.39, 0.29) is 5.91 Å². The van der Waals surface area contributed by atoms with E-state index in [1.165, 1.54) is 16.8 Å². The number of aryl methyl sites for hydroxylation is 1. The number of hydrogen-bond donors (Lipinski definition) is 1. The van der Waals surface area contributed by atoms with Gasteiger partial charge in [0.05, 0.1) is 10.8 Å². The van der Waals surface area contributed by atoms with Crippen molar-refractivity contribution in [1.82, 2.24) is 20.2 Å². The maximum absolute atomic E-state index is 12.4. The Morgan fingerprint density at radius 2 is 1.95 bits per heavy atom. The summed E-state index contributed by atoms with van der Waals surface area (Å²) in [4.78, 5) is 12.0. The minimum Gasteiger partial charge on any atom is -0.325 e. The predicted molar refractivity (Wildman–Crippen MR) is 74.2 cm³/mol. The first-order valence-electron chi connectivity index (χ1n) is 6.14. The molecule has 1 N–H and O–H groups in total. The van der Waals surface area contributed by atoms with Crippen molar-refractivity contribution in [1.29, 1.82) is 0 Å². The molecule has 1 heterocycles. The summed E-state index contributed by atoms with van der Waals surface area (Å²) in [5, 5.41) is 13.3. The van der Waals surface area contributed by atoms with E-state index >= 15 is 0 Å². The number of alkyl halides is 3. The van der Waals surface area contributed by atoms with Crippen LogP contribution in [0.15, 0.2) is 29.4 Å². The molecule has 2 rings (SSSR count). The summed E-state index contributed by atoms with van der Waals surface area (Å²) >= 11 is 1.15. The largest absolute Gasteiger partial charge is 0.416 e. The van der Waals surface area contributed by atoms with Gasteiger partial charge in [0.1, 0.15) is 0 Å². The second kappa shape index (κ2) is 6.34. The topological polar surface area (TPSA) is 72.7 Å². The fourth-order valence-corrected chi connectivity index (χ4v) is 2.27. The van der Waals surface area contributed by atoms with Crippen LogP contribution in [0.5, 0.6) is 0 Å². The Morgan fingerprint density at radius 1 is 1.32 bits per heavy atom. The highest BCUT2D eigenvalue weighted by atomic mass is 32.2. The summed E-state index contributed by atoms with van der Waals surface area (Å²) < 4.78 is 38.8. The Bertz CT molecular complexity index is 656. The molecular weight excluding hydrogens is 319 g/mol. The van der Waals surface area contributed by atoms with Gasteiger partial charge >= 0.3 is 6.18 Å². The molecule has 6 nitrogen and oxygen atoms in total. The van der Waals surface area contributed by atoms with Gasteiger partial charge in [-0.2, -0.15) is 13.2 Å². The number of nitrogens with one attached hydrogen (secondary N) is 1. The second-order valence-electron chi connectivity index (χ2n) is 4.41. The van der Waals surface area contributed by atoms with Crippen LogP contribution in [-0.2, 0) is 18.0 Å². The molecule has 0 aliphatic heterocycles. The minimum absolute atomic E-state index is 0.293. The van der Waals surface area contributed by atoms with Gasteiger partial charge in [-0.05, 0) is 41.6 Å². The molecule has 118 valence electrons. The lowest BCUT2D eigenvalue weighted by Crippen LogP contribution is -2.23. The summed E-state index contributed by atoms with van der Waals surface area (Å²) in [5.41, 5.74) is -0.473. The van der Waals surface area contributed by atoms with Crippen LogP contribution in [0.3, 0.4) is 0 Å². The van der Waals surface area contributed by atoms with E-state index in [4.69, 9.17) is 0 Å². The number of halogens is 3. The Labute approximate surface area is 128 Å². The molecule has 2 aromatic rings. The van der Waals surface area contributed by atoms with Gasteiger partial charge in [0.25, 0.3) is 0 Å². The van der Waals surface area contributed by atoms with E-state index in [0.29, 0.717) is 10.8 Å². The van der Waals surface area contributed by atoms with Gasteiger partial charge in [0.2, 0.25) is 11.1 Å². The number of amides is 1. The van der Waals surface area contributed by atoms with Crippen LogP contribution in [0.2, 0.25) is 0 Å². The van der Waals surface area contributed by atoms with Gasteiger partial charge in [-0.1, -0.05) is 11.8 Å². The third kappa shape index (κ3) is 3.97. The first kappa shape index (κ1) is 16.3. The standard InChI is InChI=1S/C12H12F3N5OS/c1-7(22-11-17-18-19-20(11)2)10(21)16-9-5-3-8(4-6-9)12(13,14)15/h3-7H,1-2H3,(H,16,21)/t7-/m0/s1. The molecule has 0 fully saturated rings. The van der Waals surface area contributed by atoms with Crippen molar-refractivity contribution in [3.05, 3.63) is 29.8 Å². The lowest BCUT2D eigenvalue weighted by Gasteiger charge is -2.12. The number of hydrogen-bond acceptors (Lipinski definition) is 5. The zero-order valence-corrected chi connectivity index (χ0v) is 12.4. The molecule has 1 amide bonds. The van der Waals surface area contributed by atoms with E-state index < -0.39 is 17.0 Å². The maximum atomic E-state index is 12.4. The zero-order chi connectivity index (χ0) is 16.3. The summed E-state index contributed by atoms with van der Waals surface area (Å²) in [5.74, 6) is -0.354. The fourth-order valence-electron chi connectivity index (χ4n) is 1.52. The average Bonchev–Trinajstić information content (AvgIpc) is 2.84. The molecule has 0 bridgehead atoms. The average molecular weight is 331 g/mol. The van der Waals surface area contributed by atoms with Crippen molar-refractivity contribution in [2.24, 2.45) is 7.05 Å². The number of tetrazole rings is 1. The van der Waals surface area contributed by atoms with Crippen molar-refractivity contribution in [3.63, 3.8) is 0 Å². The molecule has 0 spiro atoms. The molecule has 0 unspecified atom stereocenters. The maximum Gasteiger partial charge on any atom is 0.416 e. The molecule has 10 heteroatoms. The summed E-state index contributed by atoms with van der Waals surface area (Å²) in [6.07, 6.45) is -4.40. The van der Waals surface area contributed by atoms with Crippen molar-refractivity contribution in [2.45, 2.75) is 23.5 Å². The molecule has 1 atom stereocenters. The number of nitrogens with zero attached hydrogens (tertiary/aromatic N) is 4. The number of rotatable bonds is 4. The van der Waals surface area contributed by atoms with Crippen molar-refractivity contribution >= 4 is 23.4 Å². The fraction of sp³-hybridized carbons (Fsp3) is 0.333. The molecule has 0 aliphatic rings. The van der Waals surface area contributed by atoms with Gasteiger partial charge in [-0.25, -0.2) is 4.68 Å². The quantitative estimate of drug-likeness (QED) is 0.871. The van der Waals surface area contributed by atoms with Crippen molar-refractivity contribution in [3.8, 4) is 0 Å². The Hall–Kier alpha value is -2.10. The summed E-state index contributed by atoms with van der Waals surface area (Å²) in [7, 11) is 1.64. The van der Waals surface area contributed by atoms with Crippen LogP contribution in [0.1, 0.15) is 12.5 Å². The third-order valence-corrected chi connectivity index (χ3v) is 3.84. The Morgan fingerprint density at radius 3 is 2.45 bits per heavy atom. The molecular formula is C12H12F3N5OS. The number of aromatic nitrogens is 4. The number of carbonyl (C=O) groups excluding carboxylic acids is 1. The monoisotopic (exact) mass is 331 g/mol. The van der Waals surface area contributed by atoms with Crippen LogP contribution in [-0.4, -0.2) is 31.4 Å². The highest BCUT2D eigenvalue weighted by Crippen LogP contribution is 2.30. The van der Waals surface area contributed by atoms with E-state index in [9.17, 15) is 18.0 Å². The SMILES string of the molecule is C[C@H](Sc1nnnn1C)C(=O)Nc1ccc(C(F)(F)F)cc1. The van der Waals surface area contributed by atoms with Crippen LogP contribution in [0, 0.1) is 0 Å². The molecule has 22 heavy (non-hydrogen) atoms. The number of benzene rings is 1.